The Labute approximate surface area is 161 Å². The molecule has 0 bridgehead atoms. The van der Waals surface area contributed by atoms with Crippen molar-refractivity contribution in [1.82, 2.24) is 4.90 Å². The molecule has 3 heteroatoms. The second-order valence-corrected chi connectivity index (χ2v) is 7.69. The Morgan fingerprint density at radius 2 is 1.81 bits per heavy atom. The lowest BCUT2D eigenvalue weighted by molar-refractivity contribution is 0.172. The van der Waals surface area contributed by atoms with E-state index in [1.54, 1.807) is 6.07 Å². The molecule has 1 aliphatic carbocycles. The summed E-state index contributed by atoms with van der Waals surface area (Å²) in [4.78, 5) is 2.23. The van der Waals surface area contributed by atoms with Crippen LogP contribution in [-0.2, 0) is 12.0 Å². The molecule has 2 aromatic rings. The average molecular weight is 372 g/mol. The lowest BCUT2D eigenvalue weighted by Gasteiger charge is -2.44. The highest BCUT2D eigenvalue weighted by molar-refractivity contribution is 6.31. The maximum Gasteiger partial charge on any atom is 0.142 e. The van der Waals surface area contributed by atoms with Crippen LogP contribution in [0.4, 0.5) is 4.39 Å². The minimum absolute atomic E-state index is 0.251. The van der Waals surface area contributed by atoms with Crippen LogP contribution in [0.3, 0.4) is 0 Å². The smallest absolute Gasteiger partial charge is 0.142 e. The van der Waals surface area contributed by atoms with Gasteiger partial charge in [-0.25, -0.2) is 4.39 Å². The van der Waals surface area contributed by atoms with Crippen LogP contribution in [0.25, 0.3) is 0 Å². The third-order valence-corrected chi connectivity index (χ3v) is 5.99. The van der Waals surface area contributed by atoms with Crippen molar-refractivity contribution in [3.8, 4) is 0 Å². The Morgan fingerprint density at radius 3 is 2.46 bits per heavy atom. The summed E-state index contributed by atoms with van der Waals surface area (Å²) in [6.45, 7) is 0. The predicted molar refractivity (Wildman–Crippen MR) is 108 cm³/mol. The fraction of sp³-hybridized carbons (Fsp3) is 0.391. The van der Waals surface area contributed by atoms with Gasteiger partial charge in [-0.05, 0) is 75.4 Å². The molecule has 1 unspecified atom stereocenters. The van der Waals surface area contributed by atoms with E-state index in [2.05, 4.69) is 49.3 Å². The Kier molecular flexibility index (Phi) is 6.16. The molecule has 0 saturated carbocycles. The highest BCUT2D eigenvalue weighted by atomic mass is 35.5. The molecule has 0 aromatic heterocycles. The van der Waals surface area contributed by atoms with Crippen LogP contribution in [-0.4, -0.2) is 19.0 Å². The number of aryl methyl sites for hydroxylation is 1. The quantitative estimate of drug-likeness (QED) is 0.533. The summed E-state index contributed by atoms with van der Waals surface area (Å²) in [5, 5.41) is 0.251. The topological polar surface area (TPSA) is 3.24 Å². The van der Waals surface area contributed by atoms with Crippen molar-refractivity contribution >= 4 is 11.6 Å². The highest BCUT2D eigenvalue weighted by Gasteiger charge is 2.40. The molecule has 26 heavy (non-hydrogen) atoms. The van der Waals surface area contributed by atoms with Gasteiger partial charge in [0, 0.05) is 0 Å². The number of likely N-dealkylation sites (N-methyl/N-ethyl adjacent to an activating group) is 1. The van der Waals surface area contributed by atoms with Crippen molar-refractivity contribution in [2.45, 2.75) is 44.1 Å². The first-order chi connectivity index (χ1) is 12.6. The molecule has 0 radical (unpaired) electrons. The summed E-state index contributed by atoms with van der Waals surface area (Å²) >= 11 is 6.49. The van der Waals surface area contributed by atoms with Crippen LogP contribution in [0.2, 0.25) is 5.02 Å². The standard InChI is InChI=1S/C23H27ClFN/c1-26(2)23(19-12-7-4-8-13-19,17-16-18-10-5-3-6-11-18)20-14-9-15-21(25)22(20)24/h3,5-6,9-12,14-15H,4,7-8,13,16-17H2,1-2H3. The number of benzene rings is 2. The molecule has 2 aromatic carbocycles. The molecule has 138 valence electrons. The van der Waals surface area contributed by atoms with Gasteiger partial charge in [-0.1, -0.05) is 60.1 Å². The first kappa shape index (κ1) is 19.1. The fourth-order valence-corrected chi connectivity index (χ4v) is 4.51. The lowest BCUT2D eigenvalue weighted by Crippen LogP contribution is -2.44. The van der Waals surface area contributed by atoms with E-state index in [0.29, 0.717) is 0 Å². The van der Waals surface area contributed by atoms with E-state index < -0.39 is 0 Å². The first-order valence-corrected chi connectivity index (χ1v) is 9.79. The number of rotatable bonds is 6. The van der Waals surface area contributed by atoms with Gasteiger partial charge in [0.25, 0.3) is 0 Å². The van der Waals surface area contributed by atoms with E-state index >= 15 is 0 Å². The zero-order valence-electron chi connectivity index (χ0n) is 15.6. The number of hydrogen-bond acceptors (Lipinski definition) is 1. The summed E-state index contributed by atoms with van der Waals surface area (Å²) in [5.74, 6) is -0.341. The Hall–Kier alpha value is -1.64. The third-order valence-electron chi connectivity index (χ3n) is 5.60. The minimum Gasteiger partial charge on any atom is -0.296 e. The Morgan fingerprint density at radius 1 is 1.04 bits per heavy atom. The molecule has 0 heterocycles. The molecule has 0 saturated heterocycles. The lowest BCUT2D eigenvalue weighted by atomic mass is 9.73. The van der Waals surface area contributed by atoms with Crippen molar-refractivity contribution in [2.24, 2.45) is 0 Å². The van der Waals surface area contributed by atoms with Crippen molar-refractivity contribution in [3.63, 3.8) is 0 Å². The summed E-state index contributed by atoms with van der Waals surface area (Å²) in [6.07, 6.45) is 8.68. The van der Waals surface area contributed by atoms with E-state index in [0.717, 1.165) is 31.2 Å². The van der Waals surface area contributed by atoms with Crippen LogP contribution >= 0.6 is 11.6 Å². The molecule has 0 fully saturated rings. The molecule has 0 amide bonds. The zero-order valence-corrected chi connectivity index (χ0v) is 16.4. The van der Waals surface area contributed by atoms with Crippen LogP contribution < -0.4 is 0 Å². The van der Waals surface area contributed by atoms with Gasteiger partial charge >= 0.3 is 0 Å². The number of halogens is 2. The van der Waals surface area contributed by atoms with E-state index in [9.17, 15) is 4.39 Å². The van der Waals surface area contributed by atoms with Gasteiger partial charge in [-0.15, -0.1) is 0 Å². The van der Waals surface area contributed by atoms with Crippen LogP contribution in [0.5, 0.6) is 0 Å². The molecule has 1 nitrogen and oxygen atoms in total. The monoisotopic (exact) mass is 371 g/mol. The molecule has 0 aliphatic heterocycles. The van der Waals surface area contributed by atoms with Crippen molar-refractivity contribution in [1.29, 1.82) is 0 Å². The van der Waals surface area contributed by atoms with E-state index in [1.807, 2.05) is 12.1 Å². The molecule has 1 aliphatic rings. The summed E-state index contributed by atoms with van der Waals surface area (Å²) in [7, 11) is 4.17. The van der Waals surface area contributed by atoms with Gasteiger partial charge in [0.2, 0.25) is 0 Å². The van der Waals surface area contributed by atoms with Crippen LogP contribution in [0, 0.1) is 5.82 Å². The first-order valence-electron chi connectivity index (χ1n) is 9.41. The second kappa shape index (κ2) is 8.37. The van der Waals surface area contributed by atoms with Gasteiger partial charge in [0.05, 0.1) is 10.6 Å². The number of nitrogens with zero attached hydrogens (tertiary/aromatic N) is 1. The van der Waals surface area contributed by atoms with Gasteiger partial charge < -0.3 is 0 Å². The number of allylic oxidation sites excluding steroid dienone is 1. The van der Waals surface area contributed by atoms with Crippen molar-refractivity contribution in [2.75, 3.05) is 14.1 Å². The maximum atomic E-state index is 14.3. The predicted octanol–water partition coefficient (Wildman–Crippen LogP) is 6.37. The van der Waals surface area contributed by atoms with Gasteiger partial charge in [0.1, 0.15) is 5.82 Å². The fourth-order valence-electron chi connectivity index (χ4n) is 4.23. The van der Waals surface area contributed by atoms with E-state index in [-0.39, 0.29) is 16.4 Å². The second-order valence-electron chi connectivity index (χ2n) is 7.32. The minimum atomic E-state index is -0.380. The Balaban J connectivity index is 2.09. The summed E-state index contributed by atoms with van der Waals surface area (Å²) in [5.41, 5.74) is 3.17. The van der Waals surface area contributed by atoms with E-state index in [4.69, 9.17) is 11.6 Å². The van der Waals surface area contributed by atoms with Crippen molar-refractivity contribution < 1.29 is 4.39 Å². The average Bonchev–Trinajstić information content (AvgIpc) is 2.67. The highest BCUT2D eigenvalue weighted by Crippen LogP contribution is 2.45. The summed E-state index contributed by atoms with van der Waals surface area (Å²) < 4.78 is 14.3. The Bertz CT molecular complexity index is 769. The number of hydrogen-bond donors (Lipinski definition) is 0. The molecular formula is C23H27ClFN. The summed E-state index contributed by atoms with van der Waals surface area (Å²) in [6, 6.07) is 15.7. The van der Waals surface area contributed by atoms with Crippen LogP contribution in [0.1, 0.15) is 43.2 Å². The van der Waals surface area contributed by atoms with Crippen LogP contribution in [0.15, 0.2) is 60.2 Å². The van der Waals surface area contributed by atoms with Gasteiger partial charge in [-0.2, -0.15) is 0 Å². The maximum absolute atomic E-state index is 14.3. The molecule has 0 N–H and O–H groups in total. The van der Waals surface area contributed by atoms with Gasteiger partial charge in [-0.3, -0.25) is 4.90 Å². The largest absolute Gasteiger partial charge is 0.296 e. The molecule has 0 spiro atoms. The molecular weight excluding hydrogens is 345 g/mol. The van der Waals surface area contributed by atoms with Crippen molar-refractivity contribution in [3.05, 3.63) is 82.1 Å². The third kappa shape index (κ3) is 3.72. The van der Waals surface area contributed by atoms with Gasteiger partial charge in [0.15, 0.2) is 0 Å². The molecule has 1 atom stereocenters. The normalized spacial score (nSPS) is 17.0. The molecule has 3 rings (SSSR count). The van der Waals surface area contributed by atoms with E-state index in [1.165, 1.54) is 30.0 Å². The zero-order chi connectivity index (χ0) is 18.6. The SMILES string of the molecule is CN(C)C(CCc1ccccc1)(C1=CCCCC1)c1cccc(F)c1Cl.